The van der Waals surface area contributed by atoms with E-state index in [2.05, 4.69) is 0 Å². The van der Waals surface area contributed by atoms with Gasteiger partial charge in [0.2, 0.25) is 9.84 Å². The normalized spacial score (nSPS) is 11.8. The fraction of sp³-hybridized carbons (Fsp3) is 0.292. The van der Waals surface area contributed by atoms with Gasteiger partial charge in [0.1, 0.15) is 34.5 Å². The van der Waals surface area contributed by atoms with Crippen LogP contribution in [-0.4, -0.2) is 56.9 Å². The monoisotopic (exact) mass is 492 g/mol. The molecule has 34 heavy (non-hydrogen) atoms. The molecule has 10 heteroatoms. The van der Waals surface area contributed by atoms with Crippen molar-refractivity contribution >= 4 is 26.6 Å². The molecule has 0 aromatic heterocycles. The molecule has 0 bridgehead atoms. The van der Waals surface area contributed by atoms with Crippen LogP contribution in [-0.2, 0) is 14.6 Å². The van der Waals surface area contributed by atoms with Crippen LogP contribution in [0.1, 0.15) is 18.1 Å². The Balaban J connectivity index is 2.75. The number of carbonyl (C=O) groups is 1. The van der Waals surface area contributed by atoms with Gasteiger partial charge in [0.15, 0.2) is 5.78 Å². The van der Waals surface area contributed by atoms with E-state index in [1.54, 1.807) is 12.1 Å². The molecule has 0 aliphatic carbocycles. The zero-order chi connectivity index (χ0) is 25.5. The van der Waals surface area contributed by atoms with Crippen molar-refractivity contribution in [3.05, 3.63) is 46.9 Å². The Kier molecular flexibility index (Phi) is 8.97. The number of hydrogen-bond acceptors (Lipinski definition) is 9. The molecule has 2 aromatic carbocycles. The van der Waals surface area contributed by atoms with E-state index in [-0.39, 0.29) is 22.0 Å². The molecule has 0 saturated heterocycles. The molecule has 0 radical (unpaired) electrons. The summed E-state index contributed by atoms with van der Waals surface area (Å²) in [6, 6.07) is 6.19. The van der Waals surface area contributed by atoms with Gasteiger partial charge in [0, 0.05) is 35.7 Å². The largest absolute Gasteiger partial charge is 0.496 e. The van der Waals surface area contributed by atoms with Gasteiger partial charge in [0.05, 0.1) is 58.7 Å². The first-order valence-corrected chi connectivity index (χ1v) is 11.5. The Labute approximate surface area is 199 Å². The van der Waals surface area contributed by atoms with Gasteiger partial charge >= 0.3 is 0 Å². The van der Waals surface area contributed by atoms with Crippen molar-refractivity contribution in [1.29, 1.82) is 0 Å². The van der Waals surface area contributed by atoms with Gasteiger partial charge in [-0.2, -0.15) is 0 Å². The molecule has 0 spiro atoms. The summed E-state index contributed by atoms with van der Waals surface area (Å²) < 4.78 is 59.0. The quantitative estimate of drug-likeness (QED) is 0.434. The number of allylic oxidation sites excluding steroid dienone is 1. The molecule has 0 aliphatic heterocycles. The van der Waals surface area contributed by atoms with Gasteiger partial charge in [-0.05, 0) is 13.0 Å². The summed E-state index contributed by atoms with van der Waals surface area (Å²) in [7, 11) is 4.36. The molecule has 9 nitrogen and oxygen atoms in total. The molecule has 2 aromatic rings. The van der Waals surface area contributed by atoms with Crippen LogP contribution in [0.3, 0.4) is 0 Å². The number of ether oxygens (including phenoxy) is 6. The van der Waals surface area contributed by atoms with Crippen molar-refractivity contribution in [3.63, 3.8) is 0 Å². The first-order valence-electron chi connectivity index (χ1n) is 9.91. The lowest BCUT2D eigenvalue weighted by atomic mass is 10.1. The van der Waals surface area contributed by atoms with Crippen molar-refractivity contribution in [2.24, 2.45) is 0 Å². The zero-order valence-corrected chi connectivity index (χ0v) is 20.9. The number of hydrogen-bond donors (Lipinski definition) is 0. The second kappa shape index (κ2) is 11.5. The standard InChI is InChI=1S/C24H28O9S/c1-15(25)10-23(24-21(32-6)13-17(29-3)14-22(24)33-7)34(26,27)9-8-18-19(30-4)11-16(28-2)12-20(18)31-5/h8-14H,1-7H3/b9-8?,23-10-. The molecular weight excluding hydrogens is 464 g/mol. The predicted molar refractivity (Wildman–Crippen MR) is 129 cm³/mol. The van der Waals surface area contributed by atoms with Crippen LogP contribution in [0.25, 0.3) is 11.0 Å². The number of carbonyl (C=O) groups excluding carboxylic acids is 1. The number of methoxy groups -OCH3 is 6. The smallest absolute Gasteiger partial charge is 0.200 e. The van der Waals surface area contributed by atoms with Gasteiger partial charge in [-0.3, -0.25) is 4.79 Å². The highest BCUT2D eigenvalue weighted by Gasteiger charge is 2.26. The van der Waals surface area contributed by atoms with E-state index in [1.807, 2.05) is 0 Å². The van der Waals surface area contributed by atoms with Crippen LogP contribution < -0.4 is 28.4 Å². The lowest BCUT2D eigenvalue weighted by molar-refractivity contribution is -0.112. The van der Waals surface area contributed by atoms with Crippen LogP contribution in [0, 0.1) is 0 Å². The van der Waals surface area contributed by atoms with Crippen molar-refractivity contribution in [2.75, 3.05) is 42.7 Å². The molecule has 2 rings (SSSR count). The maximum Gasteiger partial charge on any atom is 0.200 e. The Morgan fingerprint density at radius 3 is 1.47 bits per heavy atom. The van der Waals surface area contributed by atoms with Crippen molar-refractivity contribution in [3.8, 4) is 34.5 Å². The molecule has 0 unspecified atom stereocenters. The van der Waals surface area contributed by atoms with E-state index >= 15 is 0 Å². The molecule has 0 heterocycles. The van der Waals surface area contributed by atoms with Crippen LogP contribution in [0.2, 0.25) is 0 Å². The van der Waals surface area contributed by atoms with E-state index in [4.69, 9.17) is 28.4 Å². The number of benzene rings is 2. The summed E-state index contributed by atoms with van der Waals surface area (Å²) in [6.45, 7) is 1.25. The van der Waals surface area contributed by atoms with Gasteiger partial charge in [-0.25, -0.2) is 8.42 Å². The lowest BCUT2D eigenvalue weighted by Gasteiger charge is -2.17. The Hall–Kier alpha value is -3.66. The number of ketones is 1. The van der Waals surface area contributed by atoms with Crippen LogP contribution in [0.15, 0.2) is 35.7 Å². The number of rotatable bonds is 11. The average Bonchev–Trinajstić information content (AvgIpc) is 2.84. The molecule has 0 N–H and O–H groups in total. The van der Waals surface area contributed by atoms with E-state index < -0.39 is 15.6 Å². The topological polar surface area (TPSA) is 107 Å². The minimum Gasteiger partial charge on any atom is -0.496 e. The summed E-state index contributed by atoms with van der Waals surface area (Å²) in [4.78, 5) is 11.7. The molecule has 0 saturated carbocycles. The molecule has 0 atom stereocenters. The first-order chi connectivity index (χ1) is 16.1. The van der Waals surface area contributed by atoms with Crippen molar-refractivity contribution in [1.82, 2.24) is 0 Å². The molecule has 0 fully saturated rings. The lowest BCUT2D eigenvalue weighted by Crippen LogP contribution is -2.06. The average molecular weight is 493 g/mol. The second-order valence-electron chi connectivity index (χ2n) is 6.82. The Bertz CT molecular complexity index is 1160. The van der Waals surface area contributed by atoms with E-state index in [0.29, 0.717) is 28.6 Å². The summed E-state index contributed by atoms with van der Waals surface area (Å²) in [5.74, 6) is 1.35. The van der Waals surface area contributed by atoms with E-state index in [9.17, 15) is 13.2 Å². The molecule has 0 aliphatic rings. The third kappa shape index (κ3) is 5.82. The minimum absolute atomic E-state index is 0.0827. The first kappa shape index (κ1) is 26.6. The number of sulfone groups is 1. The Morgan fingerprint density at radius 2 is 1.12 bits per heavy atom. The third-order valence-electron chi connectivity index (χ3n) is 4.77. The maximum absolute atomic E-state index is 13.5. The SMILES string of the molecule is COc1cc(OC)c(C=CS(=O)(=O)/C(=C\C(C)=O)c2c(OC)cc(OC)cc2OC)c(OC)c1. The van der Waals surface area contributed by atoms with E-state index in [0.717, 1.165) is 11.5 Å². The predicted octanol–water partition coefficient (Wildman–Crippen LogP) is 3.75. The van der Waals surface area contributed by atoms with Crippen LogP contribution in [0.4, 0.5) is 0 Å². The maximum atomic E-state index is 13.5. The van der Waals surface area contributed by atoms with Crippen molar-refractivity contribution in [2.45, 2.75) is 6.92 Å². The zero-order valence-electron chi connectivity index (χ0n) is 20.1. The van der Waals surface area contributed by atoms with Crippen LogP contribution in [0.5, 0.6) is 34.5 Å². The fourth-order valence-electron chi connectivity index (χ4n) is 3.16. The highest BCUT2D eigenvalue weighted by Crippen LogP contribution is 2.42. The highest BCUT2D eigenvalue weighted by molar-refractivity contribution is 8.03. The highest BCUT2D eigenvalue weighted by atomic mass is 32.2. The van der Waals surface area contributed by atoms with E-state index in [1.165, 1.54) is 67.8 Å². The molecule has 0 amide bonds. The molecule has 184 valence electrons. The van der Waals surface area contributed by atoms with Crippen LogP contribution >= 0.6 is 0 Å². The minimum atomic E-state index is -4.20. The second-order valence-corrected chi connectivity index (χ2v) is 8.62. The van der Waals surface area contributed by atoms with Gasteiger partial charge < -0.3 is 28.4 Å². The summed E-state index contributed by atoms with van der Waals surface area (Å²) in [6.07, 6.45) is 2.33. The van der Waals surface area contributed by atoms with Gasteiger partial charge in [-0.15, -0.1) is 0 Å². The van der Waals surface area contributed by atoms with Gasteiger partial charge in [0.25, 0.3) is 0 Å². The van der Waals surface area contributed by atoms with Gasteiger partial charge in [-0.1, -0.05) is 0 Å². The van der Waals surface area contributed by atoms with Crippen molar-refractivity contribution < 1.29 is 41.6 Å². The summed E-state index contributed by atoms with van der Waals surface area (Å²) in [5, 5.41) is 0.956. The Morgan fingerprint density at radius 1 is 0.706 bits per heavy atom. The molecular formula is C24H28O9S. The summed E-state index contributed by atoms with van der Waals surface area (Å²) in [5.41, 5.74) is 0.449. The third-order valence-corrected chi connectivity index (χ3v) is 6.20. The summed E-state index contributed by atoms with van der Waals surface area (Å²) >= 11 is 0. The fourth-order valence-corrected chi connectivity index (χ4v) is 4.44.